The molecule has 1 nitrogen and oxygen atoms in total. The second-order valence-corrected chi connectivity index (χ2v) is 3.80. The lowest BCUT2D eigenvalue weighted by Crippen LogP contribution is -1.88. The molecule has 0 bridgehead atoms. The molecule has 0 fully saturated rings. The van der Waals surface area contributed by atoms with Crippen molar-refractivity contribution < 1.29 is 4.79 Å². The first-order valence-electron chi connectivity index (χ1n) is 5.39. The molecule has 0 N–H and O–H groups in total. The van der Waals surface area contributed by atoms with Crippen molar-refractivity contribution in [3.63, 3.8) is 0 Å². The van der Waals surface area contributed by atoms with E-state index in [-0.39, 0.29) is 0 Å². The fourth-order valence-corrected chi connectivity index (χ4v) is 1.09. The molecule has 0 saturated heterocycles. The van der Waals surface area contributed by atoms with E-state index in [0.717, 1.165) is 6.42 Å². The first-order chi connectivity index (χ1) is 6.70. The SMILES string of the molecule is CCC(C)/C=C/CC(C)/C=C/C[C]=O. The van der Waals surface area contributed by atoms with Crippen LogP contribution in [0.25, 0.3) is 0 Å². The van der Waals surface area contributed by atoms with Gasteiger partial charge in [0.25, 0.3) is 0 Å². The first kappa shape index (κ1) is 13.2. The van der Waals surface area contributed by atoms with Crippen molar-refractivity contribution in [1.29, 1.82) is 0 Å². The maximum atomic E-state index is 9.94. The van der Waals surface area contributed by atoms with Crippen molar-refractivity contribution in [2.75, 3.05) is 0 Å². The molecule has 1 heteroatoms. The first-order valence-corrected chi connectivity index (χ1v) is 5.39. The highest BCUT2D eigenvalue weighted by molar-refractivity contribution is 5.52. The predicted molar refractivity (Wildman–Crippen MR) is 61.8 cm³/mol. The lowest BCUT2D eigenvalue weighted by molar-refractivity contribution is 0.556. The van der Waals surface area contributed by atoms with Gasteiger partial charge in [0.1, 0.15) is 0 Å². The molecule has 2 atom stereocenters. The normalized spacial score (nSPS) is 16.2. The molecule has 0 rings (SSSR count). The van der Waals surface area contributed by atoms with Crippen LogP contribution in [-0.2, 0) is 4.79 Å². The van der Waals surface area contributed by atoms with Crippen molar-refractivity contribution in [3.05, 3.63) is 24.3 Å². The van der Waals surface area contributed by atoms with Crippen LogP contribution in [0.4, 0.5) is 0 Å². The zero-order chi connectivity index (χ0) is 10.8. The summed E-state index contributed by atoms with van der Waals surface area (Å²) >= 11 is 0. The third-order valence-corrected chi connectivity index (χ3v) is 2.28. The Morgan fingerprint density at radius 1 is 1.14 bits per heavy atom. The van der Waals surface area contributed by atoms with Crippen molar-refractivity contribution in [2.45, 2.75) is 40.0 Å². The Kier molecular flexibility index (Phi) is 8.20. The van der Waals surface area contributed by atoms with Crippen LogP contribution in [0.15, 0.2) is 24.3 Å². The molecular weight excluding hydrogens is 172 g/mol. The molecule has 0 aromatic heterocycles. The van der Waals surface area contributed by atoms with Crippen LogP contribution < -0.4 is 0 Å². The van der Waals surface area contributed by atoms with Gasteiger partial charge in [-0.2, -0.15) is 0 Å². The summed E-state index contributed by atoms with van der Waals surface area (Å²) < 4.78 is 0. The van der Waals surface area contributed by atoms with E-state index in [1.165, 1.54) is 6.42 Å². The van der Waals surface area contributed by atoms with E-state index in [0.29, 0.717) is 18.3 Å². The second-order valence-electron chi connectivity index (χ2n) is 3.80. The Hall–Kier alpha value is -0.850. The van der Waals surface area contributed by atoms with Gasteiger partial charge in [0.05, 0.1) is 0 Å². The Labute approximate surface area is 87.9 Å². The van der Waals surface area contributed by atoms with E-state index < -0.39 is 0 Å². The highest BCUT2D eigenvalue weighted by atomic mass is 16.1. The predicted octanol–water partition coefficient (Wildman–Crippen LogP) is 3.67. The molecule has 0 aromatic rings. The summed E-state index contributed by atoms with van der Waals surface area (Å²) in [5.41, 5.74) is 0. The molecule has 0 saturated carbocycles. The Morgan fingerprint density at radius 3 is 2.36 bits per heavy atom. The topological polar surface area (TPSA) is 17.1 Å². The molecule has 0 aliphatic carbocycles. The number of allylic oxidation sites excluding steroid dienone is 4. The summed E-state index contributed by atoms with van der Waals surface area (Å²) in [6, 6.07) is 0. The number of hydrogen-bond acceptors (Lipinski definition) is 1. The molecule has 0 amide bonds. The maximum Gasteiger partial charge on any atom is 0.202 e. The number of carbonyl (C=O) groups excluding carboxylic acids is 1. The average molecular weight is 193 g/mol. The molecule has 79 valence electrons. The van der Waals surface area contributed by atoms with Crippen LogP contribution >= 0.6 is 0 Å². The summed E-state index contributed by atoms with van der Waals surface area (Å²) in [5.74, 6) is 1.19. The molecule has 0 aliphatic heterocycles. The summed E-state index contributed by atoms with van der Waals surface area (Å²) in [7, 11) is 0. The van der Waals surface area contributed by atoms with Gasteiger partial charge >= 0.3 is 0 Å². The van der Waals surface area contributed by atoms with Crippen molar-refractivity contribution in [1.82, 2.24) is 0 Å². The van der Waals surface area contributed by atoms with Crippen LogP contribution in [0.1, 0.15) is 40.0 Å². The van der Waals surface area contributed by atoms with Gasteiger partial charge in [-0.15, -0.1) is 0 Å². The van der Waals surface area contributed by atoms with Gasteiger partial charge in [0.2, 0.25) is 6.29 Å². The van der Waals surface area contributed by atoms with Gasteiger partial charge in [0, 0.05) is 6.42 Å². The van der Waals surface area contributed by atoms with Crippen LogP contribution in [-0.4, -0.2) is 6.29 Å². The minimum atomic E-state index is 0.416. The van der Waals surface area contributed by atoms with Crippen LogP contribution in [0, 0.1) is 11.8 Å². The zero-order valence-electron chi connectivity index (χ0n) is 9.49. The van der Waals surface area contributed by atoms with Gasteiger partial charge in [-0.3, -0.25) is 4.79 Å². The van der Waals surface area contributed by atoms with E-state index in [1.54, 1.807) is 0 Å². The van der Waals surface area contributed by atoms with E-state index in [1.807, 2.05) is 12.4 Å². The molecule has 2 unspecified atom stereocenters. The fourth-order valence-electron chi connectivity index (χ4n) is 1.09. The molecule has 0 spiro atoms. The Morgan fingerprint density at radius 2 is 1.79 bits per heavy atom. The van der Waals surface area contributed by atoms with Crippen molar-refractivity contribution in [3.8, 4) is 0 Å². The third kappa shape index (κ3) is 7.78. The summed E-state index contributed by atoms with van der Waals surface area (Å²) in [6.07, 6.45) is 13.0. The van der Waals surface area contributed by atoms with E-state index in [2.05, 4.69) is 39.0 Å². The van der Waals surface area contributed by atoms with Crippen LogP contribution in [0.5, 0.6) is 0 Å². The smallest absolute Gasteiger partial charge is 0.202 e. The van der Waals surface area contributed by atoms with Crippen molar-refractivity contribution in [2.24, 2.45) is 11.8 Å². The lowest BCUT2D eigenvalue weighted by Gasteiger charge is -2.02. The zero-order valence-corrected chi connectivity index (χ0v) is 9.49. The van der Waals surface area contributed by atoms with Gasteiger partial charge in [-0.25, -0.2) is 0 Å². The van der Waals surface area contributed by atoms with E-state index in [9.17, 15) is 4.79 Å². The molecule has 1 radical (unpaired) electrons. The minimum absolute atomic E-state index is 0.416. The van der Waals surface area contributed by atoms with Crippen LogP contribution in [0.3, 0.4) is 0 Å². The summed E-state index contributed by atoms with van der Waals surface area (Å²) in [6.45, 7) is 6.57. The highest BCUT2D eigenvalue weighted by Gasteiger charge is 1.94. The molecule has 14 heavy (non-hydrogen) atoms. The Bertz CT molecular complexity index is 191. The van der Waals surface area contributed by atoms with E-state index >= 15 is 0 Å². The average Bonchev–Trinajstić information content (AvgIpc) is 2.18. The van der Waals surface area contributed by atoms with Crippen LogP contribution in [0.2, 0.25) is 0 Å². The molecule has 0 heterocycles. The molecular formula is C13H21O. The minimum Gasteiger partial charge on any atom is -0.291 e. The molecule has 0 aliphatic rings. The second kappa shape index (κ2) is 8.74. The largest absolute Gasteiger partial charge is 0.291 e. The van der Waals surface area contributed by atoms with Gasteiger partial charge in [0.15, 0.2) is 0 Å². The van der Waals surface area contributed by atoms with Gasteiger partial charge in [-0.05, 0) is 18.3 Å². The summed E-state index contributed by atoms with van der Waals surface area (Å²) in [5, 5.41) is 0. The van der Waals surface area contributed by atoms with E-state index in [4.69, 9.17) is 0 Å². The molecule has 0 aromatic carbocycles. The highest BCUT2D eigenvalue weighted by Crippen LogP contribution is 2.08. The van der Waals surface area contributed by atoms with Gasteiger partial charge in [-0.1, -0.05) is 51.5 Å². The summed E-state index contributed by atoms with van der Waals surface area (Å²) in [4.78, 5) is 9.94. The third-order valence-electron chi connectivity index (χ3n) is 2.28. The Balaban J connectivity index is 3.67. The fraction of sp³-hybridized carbons (Fsp3) is 0.615. The van der Waals surface area contributed by atoms with Gasteiger partial charge < -0.3 is 0 Å². The standard InChI is InChI=1S/C13H21O/c1-4-12(2)9-7-10-13(3)8-5-6-11-14/h5,7-9,12-13H,4,6,10H2,1-3H3/b8-5+,9-7+. The lowest BCUT2D eigenvalue weighted by atomic mass is 10.0. The number of rotatable bonds is 7. The number of hydrogen-bond donors (Lipinski definition) is 0. The quantitative estimate of drug-likeness (QED) is 0.564. The van der Waals surface area contributed by atoms with Crippen molar-refractivity contribution >= 4 is 6.29 Å². The monoisotopic (exact) mass is 193 g/mol. The maximum absolute atomic E-state index is 9.94.